The molecule has 1 aliphatic rings. The van der Waals surface area contributed by atoms with Gasteiger partial charge in [0.15, 0.2) is 0 Å². The highest BCUT2D eigenvalue weighted by molar-refractivity contribution is 5.41. The van der Waals surface area contributed by atoms with E-state index < -0.39 is 0 Å². The summed E-state index contributed by atoms with van der Waals surface area (Å²) in [7, 11) is 0. The molecule has 1 aliphatic carbocycles. The van der Waals surface area contributed by atoms with Gasteiger partial charge in [0.2, 0.25) is 5.95 Å². The first-order chi connectivity index (χ1) is 8.61. The van der Waals surface area contributed by atoms with Crippen LogP contribution in [0, 0.1) is 12.3 Å². The third kappa shape index (κ3) is 3.32. The summed E-state index contributed by atoms with van der Waals surface area (Å²) < 4.78 is 0. The monoisotopic (exact) mass is 249 g/mol. The van der Waals surface area contributed by atoms with Crippen molar-refractivity contribution in [2.45, 2.75) is 46.0 Å². The average molecular weight is 249 g/mol. The zero-order valence-electron chi connectivity index (χ0n) is 11.3. The number of hydrogen-bond acceptors (Lipinski definition) is 5. The lowest BCUT2D eigenvalue weighted by Crippen LogP contribution is -2.29. The van der Waals surface area contributed by atoms with Crippen LogP contribution in [0.4, 0.5) is 11.8 Å². The van der Waals surface area contributed by atoms with Crippen molar-refractivity contribution in [2.75, 3.05) is 17.3 Å². The molecular formula is C13H23N5. The van der Waals surface area contributed by atoms with Crippen molar-refractivity contribution in [1.29, 1.82) is 0 Å². The smallest absolute Gasteiger partial charge is 0.239 e. The Labute approximate surface area is 109 Å². The second-order valence-electron chi connectivity index (χ2n) is 5.59. The Hall–Kier alpha value is -1.36. The zero-order valence-corrected chi connectivity index (χ0v) is 11.3. The second-order valence-corrected chi connectivity index (χ2v) is 5.59. The number of hydrogen-bond donors (Lipinski definition) is 3. The molecule has 0 bridgehead atoms. The van der Waals surface area contributed by atoms with E-state index in [-0.39, 0.29) is 0 Å². The van der Waals surface area contributed by atoms with Gasteiger partial charge >= 0.3 is 0 Å². The van der Waals surface area contributed by atoms with Gasteiger partial charge in [-0.1, -0.05) is 26.2 Å². The van der Waals surface area contributed by atoms with E-state index in [0.717, 1.165) is 18.1 Å². The molecule has 0 amide bonds. The van der Waals surface area contributed by atoms with Gasteiger partial charge in [-0.2, -0.15) is 4.98 Å². The summed E-state index contributed by atoms with van der Waals surface area (Å²) in [5.74, 6) is 6.66. The molecule has 0 unspecified atom stereocenters. The number of nitrogens with one attached hydrogen (secondary N) is 2. The predicted octanol–water partition coefficient (Wildman–Crippen LogP) is 2.45. The molecule has 5 heteroatoms. The van der Waals surface area contributed by atoms with Gasteiger partial charge in [-0.25, -0.2) is 10.8 Å². The fraction of sp³-hybridized carbons (Fsp3) is 0.692. The quantitative estimate of drug-likeness (QED) is 0.564. The third-order valence-electron chi connectivity index (χ3n) is 3.74. The average Bonchev–Trinajstić information content (AvgIpc) is 2.37. The molecule has 1 heterocycles. The van der Waals surface area contributed by atoms with E-state index in [0.29, 0.717) is 11.4 Å². The molecule has 1 aromatic rings. The van der Waals surface area contributed by atoms with Gasteiger partial charge in [0.25, 0.3) is 0 Å². The molecule has 0 aliphatic heterocycles. The summed E-state index contributed by atoms with van der Waals surface area (Å²) in [6, 6.07) is 1.95. The molecule has 18 heavy (non-hydrogen) atoms. The number of aromatic nitrogens is 2. The highest BCUT2D eigenvalue weighted by Gasteiger charge is 2.26. The molecule has 2 rings (SSSR count). The molecule has 0 radical (unpaired) electrons. The van der Waals surface area contributed by atoms with E-state index >= 15 is 0 Å². The summed E-state index contributed by atoms with van der Waals surface area (Å²) in [6.45, 7) is 5.26. The van der Waals surface area contributed by atoms with Crippen molar-refractivity contribution in [3.63, 3.8) is 0 Å². The van der Waals surface area contributed by atoms with Crippen molar-refractivity contribution in [3.05, 3.63) is 11.8 Å². The topological polar surface area (TPSA) is 75.9 Å². The first-order valence-corrected chi connectivity index (χ1v) is 6.67. The maximum Gasteiger partial charge on any atom is 0.239 e. The Kier molecular flexibility index (Phi) is 4.01. The van der Waals surface area contributed by atoms with E-state index in [9.17, 15) is 0 Å². The fourth-order valence-corrected chi connectivity index (χ4v) is 2.61. The van der Waals surface area contributed by atoms with Crippen LogP contribution in [-0.2, 0) is 0 Å². The maximum atomic E-state index is 5.35. The van der Waals surface area contributed by atoms with Crippen molar-refractivity contribution < 1.29 is 0 Å². The predicted molar refractivity (Wildman–Crippen MR) is 74.3 cm³/mol. The fourth-order valence-electron chi connectivity index (χ4n) is 2.61. The molecular weight excluding hydrogens is 226 g/mol. The molecule has 1 saturated carbocycles. The molecule has 0 aromatic carbocycles. The number of aryl methyl sites for hydroxylation is 1. The zero-order chi connectivity index (χ0) is 13.0. The number of anilines is 2. The van der Waals surface area contributed by atoms with Crippen LogP contribution >= 0.6 is 0 Å². The Morgan fingerprint density at radius 2 is 2.00 bits per heavy atom. The molecule has 0 spiro atoms. The Balaban J connectivity index is 1.98. The molecule has 4 N–H and O–H groups in total. The van der Waals surface area contributed by atoms with Crippen LogP contribution in [0.5, 0.6) is 0 Å². The van der Waals surface area contributed by atoms with Crippen LogP contribution in [0.3, 0.4) is 0 Å². The number of nitrogens with zero attached hydrogens (tertiary/aromatic N) is 2. The van der Waals surface area contributed by atoms with Gasteiger partial charge in [-0.15, -0.1) is 0 Å². The van der Waals surface area contributed by atoms with Crippen LogP contribution in [0.2, 0.25) is 0 Å². The van der Waals surface area contributed by atoms with Crippen LogP contribution in [0.15, 0.2) is 6.07 Å². The van der Waals surface area contributed by atoms with Crippen LogP contribution in [0.25, 0.3) is 0 Å². The molecule has 5 nitrogen and oxygen atoms in total. The van der Waals surface area contributed by atoms with Gasteiger partial charge in [0.1, 0.15) is 5.82 Å². The number of hydrazine groups is 1. The second kappa shape index (κ2) is 5.52. The largest absolute Gasteiger partial charge is 0.369 e. The van der Waals surface area contributed by atoms with Crippen molar-refractivity contribution in [3.8, 4) is 0 Å². The van der Waals surface area contributed by atoms with Crippen LogP contribution in [0.1, 0.15) is 44.7 Å². The van der Waals surface area contributed by atoms with Crippen LogP contribution in [-0.4, -0.2) is 16.5 Å². The molecule has 100 valence electrons. The number of nitrogens with two attached hydrogens (primary N) is 1. The van der Waals surface area contributed by atoms with Crippen molar-refractivity contribution in [2.24, 2.45) is 11.3 Å². The number of nitrogen functional groups attached to an aromatic ring is 1. The third-order valence-corrected chi connectivity index (χ3v) is 3.74. The minimum absolute atomic E-state index is 0.396. The summed E-state index contributed by atoms with van der Waals surface area (Å²) in [5.41, 5.74) is 3.80. The molecule has 1 aromatic heterocycles. The first-order valence-electron chi connectivity index (χ1n) is 6.67. The lowest BCUT2D eigenvalue weighted by atomic mass is 9.76. The van der Waals surface area contributed by atoms with Gasteiger partial charge in [-0.05, 0) is 25.2 Å². The van der Waals surface area contributed by atoms with E-state index in [4.69, 9.17) is 5.84 Å². The Morgan fingerprint density at radius 3 is 2.67 bits per heavy atom. The molecule has 0 atom stereocenters. The standard InChI is InChI=1S/C13H23N5/c1-10-8-11(17-12(16-10)18-14)15-9-13(2)6-4-3-5-7-13/h8H,3-7,9,14H2,1-2H3,(H2,15,16,17,18). The Morgan fingerprint density at radius 1 is 1.28 bits per heavy atom. The molecule has 0 saturated heterocycles. The number of rotatable bonds is 4. The van der Waals surface area contributed by atoms with Gasteiger partial charge < -0.3 is 5.32 Å². The Bertz CT molecular complexity index is 398. The highest BCUT2D eigenvalue weighted by atomic mass is 15.3. The highest BCUT2D eigenvalue weighted by Crippen LogP contribution is 2.35. The van der Waals surface area contributed by atoms with Gasteiger partial charge in [0.05, 0.1) is 0 Å². The summed E-state index contributed by atoms with van der Waals surface area (Å²) in [6.07, 6.45) is 6.66. The minimum atomic E-state index is 0.396. The SMILES string of the molecule is Cc1cc(NCC2(C)CCCCC2)nc(NN)n1. The maximum absolute atomic E-state index is 5.35. The van der Waals surface area contributed by atoms with E-state index in [2.05, 4.69) is 27.6 Å². The van der Waals surface area contributed by atoms with Gasteiger partial charge in [-0.3, -0.25) is 5.43 Å². The normalized spacial score (nSPS) is 18.4. The minimum Gasteiger partial charge on any atom is -0.369 e. The summed E-state index contributed by atoms with van der Waals surface area (Å²) >= 11 is 0. The van der Waals surface area contributed by atoms with E-state index in [1.54, 1.807) is 0 Å². The lowest BCUT2D eigenvalue weighted by molar-refractivity contribution is 0.233. The lowest BCUT2D eigenvalue weighted by Gasteiger charge is -2.33. The van der Waals surface area contributed by atoms with Crippen molar-refractivity contribution >= 4 is 11.8 Å². The molecule has 1 fully saturated rings. The summed E-state index contributed by atoms with van der Waals surface area (Å²) in [4.78, 5) is 8.49. The van der Waals surface area contributed by atoms with Crippen LogP contribution < -0.4 is 16.6 Å². The van der Waals surface area contributed by atoms with Gasteiger partial charge in [0, 0.05) is 18.3 Å². The van der Waals surface area contributed by atoms with E-state index in [1.165, 1.54) is 32.1 Å². The van der Waals surface area contributed by atoms with E-state index in [1.807, 2.05) is 13.0 Å². The van der Waals surface area contributed by atoms with Crippen molar-refractivity contribution in [1.82, 2.24) is 9.97 Å². The first kappa shape index (κ1) is 13.1. The summed E-state index contributed by atoms with van der Waals surface area (Å²) in [5, 5.41) is 3.42.